The van der Waals surface area contributed by atoms with Gasteiger partial charge in [0.2, 0.25) is 5.89 Å². The van der Waals surface area contributed by atoms with E-state index in [0.29, 0.717) is 28.3 Å². The van der Waals surface area contributed by atoms with Crippen LogP contribution in [0.25, 0.3) is 22.6 Å². The van der Waals surface area contributed by atoms with Crippen LogP contribution >= 0.6 is 15.9 Å². The molecule has 3 nitrogen and oxygen atoms in total. The van der Waals surface area contributed by atoms with Gasteiger partial charge in [-0.3, -0.25) is 0 Å². The zero-order chi connectivity index (χ0) is 13.4. The van der Waals surface area contributed by atoms with E-state index in [4.69, 9.17) is 9.15 Å². The van der Waals surface area contributed by atoms with Crippen LogP contribution in [-0.2, 0) is 0 Å². The van der Waals surface area contributed by atoms with Crippen molar-refractivity contribution in [3.05, 3.63) is 46.7 Å². The van der Waals surface area contributed by atoms with Crippen LogP contribution in [0.1, 0.15) is 0 Å². The molecule has 96 valence electrons. The molecular weight excluding hydrogens is 313 g/mol. The summed E-state index contributed by atoms with van der Waals surface area (Å²) < 4.78 is 24.8. The van der Waals surface area contributed by atoms with E-state index < -0.39 is 0 Å². The number of hydrogen-bond acceptors (Lipinski definition) is 3. The zero-order valence-corrected chi connectivity index (χ0v) is 11.6. The van der Waals surface area contributed by atoms with Crippen LogP contribution in [0.3, 0.4) is 0 Å². The number of hydrogen-bond donors (Lipinski definition) is 0. The quantitative estimate of drug-likeness (QED) is 0.701. The van der Waals surface area contributed by atoms with Crippen LogP contribution in [-0.4, -0.2) is 12.1 Å². The number of oxazole rings is 1. The molecule has 5 heteroatoms. The third-order valence-corrected chi connectivity index (χ3v) is 3.31. The highest BCUT2D eigenvalue weighted by Crippen LogP contribution is 2.32. The number of rotatable bonds is 2. The Kier molecular flexibility index (Phi) is 2.98. The van der Waals surface area contributed by atoms with Gasteiger partial charge in [0.1, 0.15) is 17.1 Å². The summed E-state index contributed by atoms with van der Waals surface area (Å²) in [6.45, 7) is 0. The third-order valence-electron chi connectivity index (χ3n) is 2.73. The van der Waals surface area contributed by atoms with Crippen LogP contribution in [0.2, 0.25) is 0 Å². The molecule has 0 radical (unpaired) electrons. The number of halogens is 2. The predicted octanol–water partition coefficient (Wildman–Crippen LogP) is 4.41. The minimum absolute atomic E-state index is 0.323. The lowest BCUT2D eigenvalue weighted by Crippen LogP contribution is -1.82. The standard InChI is InChI=1S/C14H9BrFNO2/c1-18-10-6-11(15)13-12(7-10)17-14(19-13)8-3-2-4-9(16)5-8/h2-7H,1H3. The van der Waals surface area contributed by atoms with Crippen LogP contribution in [0.15, 0.2) is 45.3 Å². The minimum atomic E-state index is -0.323. The Morgan fingerprint density at radius 3 is 2.84 bits per heavy atom. The Morgan fingerprint density at radius 1 is 1.26 bits per heavy atom. The second kappa shape index (κ2) is 4.66. The largest absolute Gasteiger partial charge is 0.497 e. The van der Waals surface area contributed by atoms with Crippen molar-refractivity contribution in [1.29, 1.82) is 0 Å². The van der Waals surface area contributed by atoms with Gasteiger partial charge in [-0.05, 0) is 40.2 Å². The first-order chi connectivity index (χ1) is 9.17. The summed E-state index contributed by atoms with van der Waals surface area (Å²) in [7, 11) is 1.58. The lowest BCUT2D eigenvalue weighted by molar-refractivity contribution is 0.415. The Hall–Kier alpha value is -1.88. The summed E-state index contributed by atoms with van der Waals surface area (Å²) in [5.41, 5.74) is 1.87. The zero-order valence-electron chi connectivity index (χ0n) is 9.98. The van der Waals surface area contributed by atoms with Crippen LogP contribution < -0.4 is 4.74 Å². The number of methoxy groups -OCH3 is 1. The maximum atomic E-state index is 13.2. The van der Waals surface area contributed by atoms with Crippen LogP contribution in [0.5, 0.6) is 5.75 Å². The van der Waals surface area contributed by atoms with Crippen molar-refractivity contribution < 1.29 is 13.5 Å². The number of nitrogens with zero attached hydrogens (tertiary/aromatic N) is 1. The van der Waals surface area contributed by atoms with Crippen LogP contribution in [0, 0.1) is 5.82 Å². The highest BCUT2D eigenvalue weighted by Gasteiger charge is 2.12. The average molecular weight is 322 g/mol. The highest BCUT2D eigenvalue weighted by molar-refractivity contribution is 9.10. The van der Waals surface area contributed by atoms with Gasteiger partial charge in [-0.15, -0.1) is 0 Å². The van der Waals surface area contributed by atoms with Crippen molar-refractivity contribution >= 4 is 27.0 Å². The number of benzene rings is 2. The van der Waals surface area contributed by atoms with Gasteiger partial charge >= 0.3 is 0 Å². The summed E-state index contributed by atoms with van der Waals surface area (Å²) in [6.07, 6.45) is 0. The van der Waals surface area contributed by atoms with Crippen molar-refractivity contribution in [3.63, 3.8) is 0 Å². The van der Waals surface area contributed by atoms with Crippen molar-refractivity contribution in [2.75, 3.05) is 7.11 Å². The maximum Gasteiger partial charge on any atom is 0.227 e. The van der Waals surface area contributed by atoms with E-state index in [9.17, 15) is 4.39 Å². The molecule has 0 unspecified atom stereocenters. The van der Waals surface area contributed by atoms with Gasteiger partial charge < -0.3 is 9.15 Å². The summed E-state index contributed by atoms with van der Waals surface area (Å²) in [4.78, 5) is 4.35. The molecule has 0 aliphatic rings. The normalized spacial score (nSPS) is 10.9. The molecule has 0 aliphatic heterocycles. The summed E-state index contributed by atoms with van der Waals surface area (Å²) in [5.74, 6) is 0.735. The fourth-order valence-electron chi connectivity index (χ4n) is 1.83. The molecule has 0 fully saturated rings. The first kappa shape index (κ1) is 12.2. The predicted molar refractivity (Wildman–Crippen MR) is 73.7 cm³/mol. The molecule has 0 N–H and O–H groups in total. The van der Waals surface area contributed by atoms with Gasteiger partial charge in [0.25, 0.3) is 0 Å². The summed E-state index contributed by atoms with van der Waals surface area (Å²) in [5, 5.41) is 0. The van der Waals surface area contributed by atoms with E-state index >= 15 is 0 Å². The molecule has 3 aromatic rings. The second-order valence-corrected chi connectivity index (χ2v) is 4.84. The molecule has 19 heavy (non-hydrogen) atoms. The second-order valence-electron chi connectivity index (χ2n) is 3.99. The molecule has 0 bridgehead atoms. The van der Waals surface area contributed by atoms with Gasteiger partial charge in [0, 0.05) is 11.6 Å². The number of fused-ring (bicyclic) bond motifs is 1. The Labute approximate surface area is 117 Å². The molecule has 1 aromatic heterocycles. The molecule has 1 heterocycles. The van der Waals surface area contributed by atoms with Gasteiger partial charge in [-0.2, -0.15) is 0 Å². The van der Waals surface area contributed by atoms with E-state index in [-0.39, 0.29) is 5.82 Å². The Bertz CT molecular complexity index is 754. The van der Waals surface area contributed by atoms with Gasteiger partial charge in [0.15, 0.2) is 5.58 Å². The number of aromatic nitrogens is 1. The Balaban J connectivity index is 2.19. The molecular formula is C14H9BrFNO2. The highest BCUT2D eigenvalue weighted by atomic mass is 79.9. The first-order valence-electron chi connectivity index (χ1n) is 5.57. The maximum absolute atomic E-state index is 13.2. The fraction of sp³-hybridized carbons (Fsp3) is 0.0714. The van der Waals surface area contributed by atoms with E-state index in [1.54, 1.807) is 31.4 Å². The van der Waals surface area contributed by atoms with Crippen molar-refractivity contribution in [1.82, 2.24) is 4.98 Å². The summed E-state index contributed by atoms with van der Waals surface area (Å²) in [6, 6.07) is 9.70. The minimum Gasteiger partial charge on any atom is -0.497 e. The third kappa shape index (κ3) is 2.21. The van der Waals surface area contributed by atoms with Gasteiger partial charge in [0.05, 0.1) is 11.6 Å². The molecule has 0 atom stereocenters. The first-order valence-corrected chi connectivity index (χ1v) is 6.36. The SMILES string of the molecule is COc1cc(Br)c2oc(-c3cccc(F)c3)nc2c1. The van der Waals surface area contributed by atoms with Crippen molar-refractivity contribution in [2.24, 2.45) is 0 Å². The molecule has 0 amide bonds. The van der Waals surface area contributed by atoms with E-state index in [2.05, 4.69) is 20.9 Å². The van der Waals surface area contributed by atoms with E-state index in [1.165, 1.54) is 12.1 Å². The summed E-state index contributed by atoms with van der Waals surface area (Å²) >= 11 is 3.40. The lowest BCUT2D eigenvalue weighted by Gasteiger charge is -1.98. The average Bonchev–Trinajstić information content (AvgIpc) is 2.83. The fourth-order valence-corrected chi connectivity index (χ4v) is 2.34. The van der Waals surface area contributed by atoms with Crippen LogP contribution in [0.4, 0.5) is 4.39 Å². The van der Waals surface area contributed by atoms with Crippen molar-refractivity contribution in [3.8, 4) is 17.2 Å². The van der Waals surface area contributed by atoms with E-state index in [0.717, 1.165) is 4.47 Å². The molecule has 0 aliphatic carbocycles. The molecule has 0 spiro atoms. The topological polar surface area (TPSA) is 35.3 Å². The van der Waals surface area contributed by atoms with E-state index in [1.807, 2.05) is 0 Å². The van der Waals surface area contributed by atoms with Gasteiger partial charge in [-0.1, -0.05) is 6.07 Å². The lowest BCUT2D eigenvalue weighted by atomic mass is 10.2. The molecule has 0 saturated carbocycles. The van der Waals surface area contributed by atoms with Gasteiger partial charge in [-0.25, -0.2) is 9.37 Å². The number of ether oxygens (including phenoxy) is 1. The molecule has 3 rings (SSSR count). The smallest absolute Gasteiger partial charge is 0.227 e. The Morgan fingerprint density at radius 2 is 2.11 bits per heavy atom. The van der Waals surface area contributed by atoms with Crippen molar-refractivity contribution in [2.45, 2.75) is 0 Å². The monoisotopic (exact) mass is 321 g/mol. The molecule has 0 saturated heterocycles. The molecule has 2 aromatic carbocycles.